The summed E-state index contributed by atoms with van der Waals surface area (Å²) in [6.07, 6.45) is 1.40. The van der Waals surface area contributed by atoms with Crippen LogP contribution in [0.2, 0.25) is 0 Å². The Kier molecular flexibility index (Phi) is 2.70. The number of nitrogens with zero attached hydrogens (tertiary/aromatic N) is 3. The molecule has 0 bridgehead atoms. The van der Waals surface area contributed by atoms with Gasteiger partial charge in [-0.25, -0.2) is 9.97 Å². The number of hydrogen-bond acceptors (Lipinski definition) is 5. The van der Waals surface area contributed by atoms with Crippen molar-refractivity contribution < 1.29 is 9.90 Å². The maximum absolute atomic E-state index is 11.2. The lowest BCUT2D eigenvalue weighted by atomic mass is 9.89. The van der Waals surface area contributed by atoms with Crippen LogP contribution in [0, 0.1) is 6.92 Å². The van der Waals surface area contributed by atoms with Crippen molar-refractivity contribution in [3.63, 3.8) is 0 Å². The molecule has 90 valence electrons. The Labute approximate surface area is 102 Å². The second kappa shape index (κ2) is 3.92. The summed E-state index contributed by atoms with van der Waals surface area (Å²) in [6, 6.07) is 0. The summed E-state index contributed by atoms with van der Waals surface area (Å²) in [7, 11) is 0. The number of aliphatic carboxylic acids is 1. The van der Waals surface area contributed by atoms with Crippen molar-refractivity contribution in [2.45, 2.75) is 26.2 Å². The van der Waals surface area contributed by atoms with Crippen LogP contribution in [-0.4, -0.2) is 31.2 Å². The molecular weight excluding hydrogens is 240 g/mol. The SMILES string of the molecule is Cc1sc(-c2ncn[nH]2)nc1C(C)(C)C(=O)O. The number of carboxylic acids is 1. The summed E-state index contributed by atoms with van der Waals surface area (Å²) in [5, 5.41) is 16.3. The van der Waals surface area contributed by atoms with Gasteiger partial charge in [0, 0.05) is 4.88 Å². The lowest BCUT2D eigenvalue weighted by Crippen LogP contribution is -2.29. The van der Waals surface area contributed by atoms with E-state index in [9.17, 15) is 9.90 Å². The van der Waals surface area contributed by atoms with Crippen LogP contribution in [0.3, 0.4) is 0 Å². The number of carboxylic acid groups (broad SMARTS) is 1. The lowest BCUT2D eigenvalue weighted by molar-refractivity contribution is -0.142. The highest BCUT2D eigenvalue weighted by Crippen LogP contribution is 2.32. The van der Waals surface area contributed by atoms with E-state index < -0.39 is 11.4 Å². The number of nitrogens with one attached hydrogen (secondary N) is 1. The fourth-order valence-electron chi connectivity index (χ4n) is 1.49. The summed E-state index contributed by atoms with van der Waals surface area (Å²) in [5.74, 6) is -0.333. The van der Waals surface area contributed by atoms with E-state index in [-0.39, 0.29) is 0 Å². The molecule has 0 aliphatic heterocycles. The minimum atomic E-state index is -1.00. The molecule has 17 heavy (non-hydrogen) atoms. The van der Waals surface area contributed by atoms with E-state index in [2.05, 4.69) is 20.2 Å². The largest absolute Gasteiger partial charge is 0.481 e. The smallest absolute Gasteiger partial charge is 0.315 e. The first kappa shape index (κ1) is 11.7. The Morgan fingerprint density at radius 2 is 2.24 bits per heavy atom. The van der Waals surface area contributed by atoms with E-state index in [1.807, 2.05) is 6.92 Å². The molecule has 2 heterocycles. The molecule has 0 unspecified atom stereocenters. The van der Waals surface area contributed by atoms with Gasteiger partial charge in [-0.2, -0.15) is 5.10 Å². The molecule has 2 aromatic heterocycles. The van der Waals surface area contributed by atoms with Gasteiger partial charge in [0.05, 0.1) is 5.69 Å². The molecule has 0 fully saturated rings. The predicted octanol–water partition coefficient (Wildman–Crippen LogP) is 1.60. The van der Waals surface area contributed by atoms with Crippen molar-refractivity contribution >= 4 is 17.3 Å². The molecule has 0 amide bonds. The van der Waals surface area contributed by atoms with Crippen molar-refractivity contribution in [3.05, 3.63) is 16.9 Å². The molecule has 0 radical (unpaired) electrons. The zero-order valence-corrected chi connectivity index (χ0v) is 10.5. The molecule has 0 saturated carbocycles. The summed E-state index contributed by atoms with van der Waals surface area (Å²) < 4.78 is 0. The van der Waals surface area contributed by atoms with Crippen LogP contribution in [-0.2, 0) is 10.2 Å². The molecule has 2 N–H and O–H groups in total. The van der Waals surface area contributed by atoms with Gasteiger partial charge in [-0.05, 0) is 20.8 Å². The Bertz CT molecular complexity index is 545. The number of hydrogen-bond donors (Lipinski definition) is 2. The highest BCUT2D eigenvalue weighted by molar-refractivity contribution is 7.15. The molecule has 0 spiro atoms. The lowest BCUT2D eigenvalue weighted by Gasteiger charge is -2.17. The summed E-state index contributed by atoms with van der Waals surface area (Å²) in [4.78, 5) is 20.4. The van der Waals surface area contributed by atoms with Crippen molar-refractivity contribution in [1.82, 2.24) is 20.2 Å². The molecular formula is C10H12N4O2S. The molecule has 0 aromatic carbocycles. The molecule has 7 heteroatoms. The minimum absolute atomic E-state index is 0.561. The van der Waals surface area contributed by atoms with Gasteiger partial charge in [-0.1, -0.05) is 0 Å². The van der Waals surface area contributed by atoms with E-state index in [1.165, 1.54) is 17.7 Å². The number of carbonyl (C=O) groups is 1. The number of aryl methyl sites for hydroxylation is 1. The van der Waals surface area contributed by atoms with Gasteiger partial charge in [0.25, 0.3) is 0 Å². The topological polar surface area (TPSA) is 91.8 Å². The summed E-state index contributed by atoms with van der Waals surface area (Å²) in [5.41, 5.74) is -0.430. The van der Waals surface area contributed by atoms with Crippen LogP contribution in [0.5, 0.6) is 0 Å². The maximum atomic E-state index is 11.2. The number of thiazole rings is 1. The normalized spacial score (nSPS) is 11.7. The monoisotopic (exact) mass is 252 g/mol. The number of rotatable bonds is 3. The van der Waals surface area contributed by atoms with E-state index >= 15 is 0 Å². The number of aromatic nitrogens is 4. The summed E-state index contributed by atoms with van der Waals surface area (Å²) in [6.45, 7) is 5.14. The molecule has 2 rings (SSSR count). The third-order valence-electron chi connectivity index (χ3n) is 2.54. The van der Waals surface area contributed by atoms with E-state index in [0.29, 0.717) is 16.5 Å². The third-order valence-corrected chi connectivity index (χ3v) is 3.52. The highest BCUT2D eigenvalue weighted by atomic mass is 32.1. The van der Waals surface area contributed by atoms with E-state index in [1.54, 1.807) is 13.8 Å². The Balaban J connectivity index is 2.48. The Hall–Kier alpha value is -1.76. The molecule has 0 aliphatic carbocycles. The average Bonchev–Trinajstić information content (AvgIpc) is 2.85. The van der Waals surface area contributed by atoms with Crippen LogP contribution < -0.4 is 0 Å². The predicted molar refractivity (Wildman–Crippen MR) is 62.9 cm³/mol. The first-order chi connectivity index (χ1) is 7.93. The van der Waals surface area contributed by atoms with Gasteiger partial charge >= 0.3 is 5.97 Å². The Morgan fingerprint density at radius 3 is 2.76 bits per heavy atom. The van der Waals surface area contributed by atoms with Crippen LogP contribution in [0.4, 0.5) is 0 Å². The molecule has 6 nitrogen and oxygen atoms in total. The molecule has 0 atom stereocenters. The van der Waals surface area contributed by atoms with Gasteiger partial charge < -0.3 is 5.11 Å². The second-order valence-electron chi connectivity index (χ2n) is 4.19. The minimum Gasteiger partial charge on any atom is -0.481 e. The number of H-pyrrole nitrogens is 1. The van der Waals surface area contributed by atoms with Gasteiger partial charge in [-0.15, -0.1) is 11.3 Å². The first-order valence-electron chi connectivity index (χ1n) is 5.00. The van der Waals surface area contributed by atoms with Crippen LogP contribution >= 0.6 is 11.3 Å². The zero-order valence-electron chi connectivity index (χ0n) is 9.68. The summed E-state index contributed by atoms with van der Waals surface area (Å²) >= 11 is 1.41. The van der Waals surface area contributed by atoms with Crippen molar-refractivity contribution in [2.24, 2.45) is 0 Å². The van der Waals surface area contributed by atoms with E-state index in [4.69, 9.17) is 0 Å². The first-order valence-corrected chi connectivity index (χ1v) is 5.81. The van der Waals surface area contributed by atoms with E-state index in [0.717, 1.165) is 4.88 Å². The maximum Gasteiger partial charge on any atom is 0.315 e. The Morgan fingerprint density at radius 1 is 1.53 bits per heavy atom. The van der Waals surface area contributed by atoms with Gasteiger partial charge in [0.15, 0.2) is 10.8 Å². The van der Waals surface area contributed by atoms with Gasteiger partial charge in [0.2, 0.25) is 0 Å². The van der Waals surface area contributed by atoms with Crippen LogP contribution in [0.1, 0.15) is 24.4 Å². The van der Waals surface area contributed by atoms with Gasteiger partial charge in [0.1, 0.15) is 11.7 Å². The average molecular weight is 252 g/mol. The van der Waals surface area contributed by atoms with Crippen molar-refractivity contribution in [2.75, 3.05) is 0 Å². The van der Waals surface area contributed by atoms with Crippen molar-refractivity contribution in [1.29, 1.82) is 0 Å². The van der Waals surface area contributed by atoms with Gasteiger partial charge in [-0.3, -0.25) is 9.89 Å². The molecule has 0 aliphatic rings. The number of aromatic amines is 1. The van der Waals surface area contributed by atoms with Crippen LogP contribution in [0.25, 0.3) is 10.8 Å². The zero-order chi connectivity index (χ0) is 12.6. The third kappa shape index (κ3) is 1.93. The molecule has 0 saturated heterocycles. The van der Waals surface area contributed by atoms with Crippen molar-refractivity contribution in [3.8, 4) is 10.8 Å². The fraction of sp³-hybridized carbons (Fsp3) is 0.400. The quantitative estimate of drug-likeness (QED) is 0.865. The van der Waals surface area contributed by atoms with Crippen LogP contribution in [0.15, 0.2) is 6.33 Å². The fourth-order valence-corrected chi connectivity index (χ4v) is 2.51. The highest BCUT2D eigenvalue weighted by Gasteiger charge is 2.34. The second-order valence-corrected chi connectivity index (χ2v) is 5.39. The molecule has 2 aromatic rings. The standard InChI is InChI=1S/C10H12N4O2S/c1-5-6(10(2,3)9(15)16)13-8(17-5)7-11-4-12-14-7/h4H,1-3H3,(H,15,16)(H,11,12,14).